The fraction of sp³-hybridized carbons (Fsp3) is 0.391. The van der Waals surface area contributed by atoms with Gasteiger partial charge >= 0.3 is 0 Å². The second-order valence-electron chi connectivity index (χ2n) is 6.45. The number of hydrogen-bond acceptors (Lipinski definition) is 4. The first-order valence-corrected chi connectivity index (χ1v) is 10.7. The molecule has 0 fully saturated rings. The van der Waals surface area contributed by atoms with Crippen molar-refractivity contribution >= 4 is 35.6 Å². The first-order valence-electron chi connectivity index (χ1n) is 9.84. The first kappa shape index (κ1) is 28.9. The van der Waals surface area contributed by atoms with Gasteiger partial charge in [-0.15, -0.1) is 0 Å². The zero-order valence-electron chi connectivity index (χ0n) is 18.4. The Labute approximate surface area is 194 Å². The van der Waals surface area contributed by atoms with E-state index in [0.717, 1.165) is 24.3 Å². The van der Waals surface area contributed by atoms with Crippen LogP contribution in [-0.4, -0.2) is 39.5 Å². The van der Waals surface area contributed by atoms with E-state index in [1.807, 2.05) is 12.1 Å². The van der Waals surface area contributed by atoms with Gasteiger partial charge in [0.15, 0.2) is 0 Å². The summed E-state index contributed by atoms with van der Waals surface area (Å²) in [4.78, 5) is 9.06. The minimum atomic E-state index is -0.608. The maximum absolute atomic E-state index is 13.6. The van der Waals surface area contributed by atoms with Crippen molar-refractivity contribution in [3.05, 3.63) is 64.2 Å². The van der Waals surface area contributed by atoms with Gasteiger partial charge in [0.05, 0.1) is 12.1 Å². The van der Waals surface area contributed by atoms with Crippen LogP contribution in [0.3, 0.4) is 0 Å². The molecule has 0 radical (unpaired) electrons. The molecule has 172 valence electrons. The van der Waals surface area contributed by atoms with Crippen LogP contribution in [0, 0.1) is 11.6 Å². The lowest BCUT2D eigenvalue weighted by atomic mass is 9.96. The van der Waals surface area contributed by atoms with Gasteiger partial charge in [-0.05, 0) is 60.6 Å². The Morgan fingerprint density at radius 1 is 1.16 bits per heavy atom. The highest BCUT2D eigenvalue weighted by molar-refractivity contribution is 7.78. The summed E-state index contributed by atoms with van der Waals surface area (Å²) in [7, 11) is 5.00. The number of methoxy groups -OCH3 is 1. The van der Waals surface area contributed by atoms with Crippen LogP contribution >= 0.6 is 23.8 Å². The highest BCUT2D eigenvalue weighted by Crippen LogP contribution is 2.26. The molecule has 0 aliphatic carbocycles. The summed E-state index contributed by atoms with van der Waals surface area (Å²) < 4.78 is 31.9. The van der Waals surface area contributed by atoms with Crippen LogP contribution in [0.15, 0.2) is 36.4 Å². The number of carbonyl (C=O) groups excluding carboxylic acids is 1. The molecule has 0 spiro atoms. The summed E-state index contributed by atoms with van der Waals surface area (Å²) in [6, 6.07) is 10.4. The molecule has 0 aromatic heterocycles. The maximum atomic E-state index is 13.6. The Morgan fingerprint density at radius 3 is 2.23 bits per heavy atom. The van der Waals surface area contributed by atoms with Gasteiger partial charge in [-0.1, -0.05) is 49.3 Å². The Balaban J connectivity index is 0.000000518. The minimum Gasteiger partial charge on any atom is -0.497 e. The average molecular weight is 473 g/mol. The van der Waals surface area contributed by atoms with Crippen molar-refractivity contribution in [3.8, 4) is 5.75 Å². The number of halogens is 3. The molecule has 0 aliphatic rings. The van der Waals surface area contributed by atoms with E-state index in [9.17, 15) is 8.78 Å². The van der Waals surface area contributed by atoms with Gasteiger partial charge < -0.3 is 15.4 Å². The zero-order chi connectivity index (χ0) is 23.6. The zero-order valence-corrected chi connectivity index (χ0v) is 20.0. The number of rotatable bonds is 9. The second kappa shape index (κ2) is 17.6. The fourth-order valence-electron chi connectivity index (χ4n) is 2.61. The molecule has 1 atom stereocenters. The monoisotopic (exact) mass is 472 g/mol. The van der Waals surface area contributed by atoms with Crippen molar-refractivity contribution in [3.63, 3.8) is 0 Å². The van der Waals surface area contributed by atoms with E-state index in [0.29, 0.717) is 24.9 Å². The number of aryl methyl sites for hydroxylation is 1. The molecular weight excluding hydrogens is 442 g/mol. The summed E-state index contributed by atoms with van der Waals surface area (Å²) in [5.74, 6) is -0.342. The highest BCUT2D eigenvalue weighted by Gasteiger charge is 2.17. The molecule has 0 saturated carbocycles. The van der Waals surface area contributed by atoms with Crippen LogP contribution in [0.2, 0.25) is 5.02 Å². The van der Waals surface area contributed by atoms with Crippen LogP contribution in [0.25, 0.3) is 0 Å². The largest absolute Gasteiger partial charge is 0.497 e. The number of likely N-dealkylation sites (N-methyl/N-ethyl adjacent to an activating group) is 1. The lowest BCUT2D eigenvalue weighted by Gasteiger charge is -2.16. The molecule has 1 unspecified atom stereocenters. The summed E-state index contributed by atoms with van der Waals surface area (Å²) in [6.07, 6.45) is 3.49. The number of amides is 1. The third-order valence-corrected chi connectivity index (χ3v) is 4.61. The SMILES string of the molecule is CCCc1ccc(OC)cc1.CNC=O.CNCC(CC=S)c1cc(F)c(Cl)cc1F. The van der Waals surface area contributed by atoms with Crippen molar-refractivity contribution < 1.29 is 18.3 Å². The quantitative estimate of drug-likeness (QED) is 0.294. The molecule has 0 saturated heterocycles. The Bertz CT molecular complexity index is 777. The van der Waals surface area contributed by atoms with Gasteiger partial charge in [0.2, 0.25) is 6.41 Å². The minimum absolute atomic E-state index is 0.172. The predicted octanol–water partition coefficient (Wildman–Crippen LogP) is 5.32. The topological polar surface area (TPSA) is 50.4 Å². The second-order valence-corrected chi connectivity index (χ2v) is 7.19. The van der Waals surface area contributed by atoms with E-state index >= 15 is 0 Å². The molecule has 0 aliphatic heterocycles. The molecule has 8 heteroatoms. The molecule has 0 heterocycles. The van der Waals surface area contributed by atoms with Crippen molar-refractivity contribution in [1.82, 2.24) is 10.6 Å². The van der Waals surface area contributed by atoms with Gasteiger partial charge in [0.25, 0.3) is 0 Å². The van der Waals surface area contributed by atoms with Gasteiger partial charge in [-0.3, -0.25) is 4.79 Å². The molecule has 2 N–H and O–H groups in total. The van der Waals surface area contributed by atoms with Gasteiger partial charge in [-0.25, -0.2) is 8.78 Å². The molecule has 1 amide bonds. The number of carbonyl (C=O) groups is 1. The van der Waals surface area contributed by atoms with Crippen LogP contribution in [-0.2, 0) is 11.2 Å². The van der Waals surface area contributed by atoms with E-state index in [4.69, 9.17) is 33.4 Å². The van der Waals surface area contributed by atoms with Crippen molar-refractivity contribution in [1.29, 1.82) is 0 Å². The predicted molar refractivity (Wildman–Crippen MR) is 128 cm³/mol. The van der Waals surface area contributed by atoms with Gasteiger partial charge in [0.1, 0.15) is 17.4 Å². The summed E-state index contributed by atoms with van der Waals surface area (Å²) in [5.41, 5.74) is 1.69. The third kappa shape index (κ3) is 11.8. The summed E-state index contributed by atoms with van der Waals surface area (Å²) in [6.45, 7) is 2.72. The molecule has 0 bridgehead atoms. The fourth-order valence-corrected chi connectivity index (χ4v) is 3.00. The van der Waals surface area contributed by atoms with Crippen molar-refractivity contribution in [2.75, 3.05) is 27.7 Å². The highest BCUT2D eigenvalue weighted by atomic mass is 35.5. The van der Waals surface area contributed by atoms with E-state index in [2.05, 4.69) is 29.7 Å². The Kier molecular flexibility index (Phi) is 16.4. The molecule has 31 heavy (non-hydrogen) atoms. The van der Waals surface area contributed by atoms with Crippen LogP contribution in [0.4, 0.5) is 8.78 Å². The standard InChI is InChI=1S/C11H12ClF2NS.C10H14O.C2H5NO/c1-15-6-7(2-3-16)8-4-11(14)9(12)5-10(8)13;1-3-4-9-5-7-10(11-2)8-6-9;1-3-2-4/h3-5,7,15H,2,6H2,1H3;5-8H,3-4H2,1-2H3;2H,1H3,(H,3,4). The lowest BCUT2D eigenvalue weighted by Crippen LogP contribution is -2.18. The Hall–Kier alpha value is -2.09. The molecule has 2 aromatic rings. The van der Waals surface area contributed by atoms with E-state index in [1.54, 1.807) is 21.2 Å². The lowest BCUT2D eigenvalue weighted by molar-refractivity contribution is -0.109. The van der Waals surface area contributed by atoms with Crippen LogP contribution in [0.5, 0.6) is 5.75 Å². The van der Waals surface area contributed by atoms with Crippen LogP contribution in [0.1, 0.15) is 36.8 Å². The number of ether oxygens (including phenoxy) is 1. The number of thiocarbonyl (C=S) groups is 1. The number of nitrogens with one attached hydrogen (secondary N) is 2. The smallest absolute Gasteiger partial charge is 0.206 e. The first-order chi connectivity index (χ1) is 14.9. The van der Waals surface area contributed by atoms with Crippen molar-refractivity contribution in [2.24, 2.45) is 0 Å². The Morgan fingerprint density at radius 2 is 1.77 bits per heavy atom. The number of benzene rings is 2. The average Bonchev–Trinajstić information content (AvgIpc) is 2.77. The van der Waals surface area contributed by atoms with E-state index in [-0.39, 0.29) is 10.9 Å². The molecular formula is C23H31ClF2N2O2S. The summed E-state index contributed by atoms with van der Waals surface area (Å²) in [5, 5.41) is 6.49. The van der Waals surface area contributed by atoms with E-state index < -0.39 is 11.6 Å². The number of hydrogen-bond donors (Lipinski definition) is 2. The van der Waals surface area contributed by atoms with Gasteiger partial charge in [0, 0.05) is 19.5 Å². The van der Waals surface area contributed by atoms with Crippen molar-refractivity contribution in [2.45, 2.75) is 32.1 Å². The molecule has 2 aromatic carbocycles. The third-order valence-electron chi connectivity index (χ3n) is 4.13. The maximum Gasteiger partial charge on any atom is 0.206 e. The molecule has 4 nitrogen and oxygen atoms in total. The van der Waals surface area contributed by atoms with Crippen LogP contribution < -0.4 is 15.4 Å². The molecule has 2 rings (SSSR count). The van der Waals surface area contributed by atoms with E-state index in [1.165, 1.54) is 17.4 Å². The normalized spacial score (nSPS) is 10.5. The van der Waals surface area contributed by atoms with Gasteiger partial charge in [-0.2, -0.15) is 0 Å². The summed E-state index contributed by atoms with van der Waals surface area (Å²) >= 11 is 10.2.